The zero-order valence-electron chi connectivity index (χ0n) is 16.9. The molecule has 0 spiro atoms. The number of ether oxygens (including phenoxy) is 1. The van der Waals surface area contributed by atoms with E-state index in [1.165, 1.54) is 4.88 Å². The number of thiophene rings is 1. The maximum atomic E-state index is 13.2. The molecule has 2 amide bonds. The van der Waals surface area contributed by atoms with E-state index in [1.807, 2.05) is 29.2 Å². The third-order valence-electron chi connectivity index (χ3n) is 6.22. The summed E-state index contributed by atoms with van der Waals surface area (Å²) in [5, 5.41) is 5.25. The second-order valence-corrected chi connectivity index (χ2v) is 9.10. The van der Waals surface area contributed by atoms with Crippen LogP contribution in [-0.2, 0) is 16.0 Å². The Hall–Kier alpha value is -2.34. The van der Waals surface area contributed by atoms with Gasteiger partial charge in [0, 0.05) is 41.8 Å². The molecule has 2 saturated heterocycles. The zero-order chi connectivity index (χ0) is 20.3. The van der Waals surface area contributed by atoms with Gasteiger partial charge in [-0.05, 0) is 43.2 Å². The lowest BCUT2D eigenvalue weighted by molar-refractivity contribution is -0.132. The first kappa shape index (κ1) is 20.0. The minimum absolute atomic E-state index is 0.0741. The molecule has 0 saturated carbocycles. The van der Waals surface area contributed by atoms with Crippen LogP contribution in [0.2, 0.25) is 0 Å². The maximum Gasteiger partial charge on any atom is 0.223 e. The minimum Gasteiger partial charge on any atom is -0.496 e. The summed E-state index contributed by atoms with van der Waals surface area (Å²) in [5.41, 5.74) is 0.792. The van der Waals surface area contributed by atoms with E-state index < -0.39 is 0 Å². The first-order valence-corrected chi connectivity index (χ1v) is 11.2. The third-order valence-corrected chi connectivity index (χ3v) is 7.09. The molecule has 154 valence electrons. The van der Waals surface area contributed by atoms with Crippen LogP contribution >= 0.6 is 11.3 Å². The zero-order valence-corrected chi connectivity index (χ0v) is 17.7. The Morgan fingerprint density at radius 3 is 2.90 bits per heavy atom. The van der Waals surface area contributed by atoms with Gasteiger partial charge < -0.3 is 15.0 Å². The van der Waals surface area contributed by atoms with Gasteiger partial charge in [0.15, 0.2) is 0 Å². The number of carbonyl (C=O) groups is 2. The second-order valence-electron chi connectivity index (χ2n) is 8.07. The van der Waals surface area contributed by atoms with Crippen molar-refractivity contribution < 1.29 is 14.3 Å². The highest BCUT2D eigenvalue weighted by atomic mass is 32.1. The van der Waals surface area contributed by atoms with Gasteiger partial charge >= 0.3 is 0 Å². The van der Waals surface area contributed by atoms with Crippen molar-refractivity contribution in [3.8, 4) is 5.75 Å². The van der Waals surface area contributed by atoms with Gasteiger partial charge in [0.1, 0.15) is 5.75 Å². The molecule has 1 aromatic heterocycles. The van der Waals surface area contributed by atoms with Crippen LogP contribution < -0.4 is 10.1 Å². The second kappa shape index (κ2) is 8.57. The van der Waals surface area contributed by atoms with Gasteiger partial charge in [-0.25, -0.2) is 0 Å². The standard InChI is InChI=1S/C23H28N2O3S/c1-28-20-9-3-2-7-18(20)19-8-4-14-25(19)22(27)11-13-23(12-10-21(26)24-23)16-17-6-5-15-29-17/h2-3,5-7,9,15,19H,4,8,10-14,16H2,1H3,(H,24,26)/t19-,23-/m0/s1. The van der Waals surface area contributed by atoms with Crippen molar-refractivity contribution in [2.75, 3.05) is 13.7 Å². The maximum absolute atomic E-state index is 13.2. The van der Waals surface area contributed by atoms with Crippen molar-refractivity contribution in [2.24, 2.45) is 0 Å². The van der Waals surface area contributed by atoms with E-state index in [-0.39, 0.29) is 23.4 Å². The number of likely N-dealkylation sites (tertiary alicyclic amines) is 1. The highest BCUT2D eigenvalue weighted by Crippen LogP contribution is 2.38. The van der Waals surface area contributed by atoms with Gasteiger partial charge in [0.2, 0.25) is 11.8 Å². The summed E-state index contributed by atoms with van der Waals surface area (Å²) in [5.74, 6) is 1.11. The fraction of sp³-hybridized carbons (Fsp3) is 0.478. The van der Waals surface area contributed by atoms with Gasteiger partial charge in [-0.15, -0.1) is 11.3 Å². The molecular weight excluding hydrogens is 384 g/mol. The molecule has 0 bridgehead atoms. The average Bonchev–Trinajstić information content (AvgIpc) is 3.48. The lowest BCUT2D eigenvalue weighted by Crippen LogP contribution is -2.44. The summed E-state index contributed by atoms with van der Waals surface area (Å²) in [6.07, 6.45) is 5.26. The molecular formula is C23H28N2O3S. The molecule has 0 aliphatic carbocycles. The number of benzene rings is 1. The first-order valence-electron chi connectivity index (χ1n) is 10.4. The van der Waals surface area contributed by atoms with Gasteiger partial charge in [-0.1, -0.05) is 24.3 Å². The normalized spacial score (nSPS) is 24.0. The van der Waals surface area contributed by atoms with E-state index in [0.717, 1.165) is 43.5 Å². The monoisotopic (exact) mass is 412 g/mol. The van der Waals surface area contributed by atoms with Crippen LogP contribution in [0.4, 0.5) is 0 Å². The molecule has 2 aliphatic rings. The summed E-state index contributed by atoms with van der Waals surface area (Å²) in [7, 11) is 1.68. The molecule has 2 aromatic rings. The van der Waals surface area contributed by atoms with Gasteiger partial charge in [0.25, 0.3) is 0 Å². The highest BCUT2D eigenvalue weighted by Gasteiger charge is 2.39. The molecule has 0 radical (unpaired) electrons. The smallest absolute Gasteiger partial charge is 0.223 e. The van der Waals surface area contributed by atoms with Crippen molar-refractivity contribution in [3.63, 3.8) is 0 Å². The highest BCUT2D eigenvalue weighted by molar-refractivity contribution is 7.09. The lowest BCUT2D eigenvalue weighted by Gasteiger charge is -2.31. The van der Waals surface area contributed by atoms with Crippen LogP contribution in [0.25, 0.3) is 0 Å². The fourth-order valence-electron chi connectivity index (χ4n) is 4.75. The van der Waals surface area contributed by atoms with Gasteiger partial charge in [-0.3, -0.25) is 9.59 Å². The van der Waals surface area contributed by atoms with Crippen molar-refractivity contribution in [3.05, 3.63) is 52.2 Å². The molecule has 1 aromatic carbocycles. The van der Waals surface area contributed by atoms with Crippen LogP contribution in [0.3, 0.4) is 0 Å². The summed E-state index contributed by atoms with van der Waals surface area (Å²) < 4.78 is 5.53. The average molecular weight is 413 g/mol. The summed E-state index contributed by atoms with van der Waals surface area (Å²) in [6.45, 7) is 0.784. The Kier molecular flexibility index (Phi) is 5.90. The molecule has 2 atom stereocenters. The number of carbonyl (C=O) groups excluding carboxylic acids is 2. The number of para-hydroxylation sites is 1. The van der Waals surface area contributed by atoms with Crippen molar-refractivity contribution in [2.45, 2.75) is 56.5 Å². The van der Waals surface area contributed by atoms with Crippen molar-refractivity contribution in [1.82, 2.24) is 10.2 Å². The Morgan fingerprint density at radius 2 is 2.17 bits per heavy atom. The van der Waals surface area contributed by atoms with Crippen LogP contribution in [0.5, 0.6) is 5.75 Å². The summed E-state index contributed by atoms with van der Waals surface area (Å²) >= 11 is 1.71. The van der Waals surface area contributed by atoms with E-state index >= 15 is 0 Å². The van der Waals surface area contributed by atoms with Crippen LogP contribution in [0.15, 0.2) is 41.8 Å². The molecule has 29 heavy (non-hydrogen) atoms. The predicted molar refractivity (Wildman–Crippen MR) is 114 cm³/mol. The largest absolute Gasteiger partial charge is 0.496 e. The Balaban J connectivity index is 1.45. The molecule has 2 aliphatic heterocycles. The molecule has 4 rings (SSSR count). The lowest BCUT2D eigenvalue weighted by atomic mass is 9.87. The van der Waals surface area contributed by atoms with Gasteiger partial charge in [-0.2, -0.15) is 0 Å². The topological polar surface area (TPSA) is 58.6 Å². The summed E-state index contributed by atoms with van der Waals surface area (Å²) in [6, 6.07) is 12.2. The Morgan fingerprint density at radius 1 is 1.31 bits per heavy atom. The number of nitrogens with one attached hydrogen (secondary N) is 1. The van der Waals surface area contributed by atoms with Crippen LogP contribution in [-0.4, -0.2) is 35.9 Å². The number of hydrogen-bond donors (Lipinski definition) is 1. The third kappa shape index (κ3) is 4.32. The molecule has 3 heterocycles. The first-order chi connectivity index (χ1) is 14.1. The van der Waals surface area contributed by atoms with Crippen LogP contribution in [0, 0.1) is 0 Å². The Labute approximate surface area is 176 Å². The molecule has 2 fully saturated rings. The number of methoxy groups -OCH3 is 1. The molecule has 5 nitrogen and oxygen atoms in total. The van der Waals surface area contributed by atoms with Crippen molar-refractivity contribution >= 4 is 23.2 Å². The number of amides is 2. The SMILES string of the molecule is COc1ccccc1[C@@H]1CCCN1C(=O)CC[C@]1(Cc2cccs2)CCC(=O)N1. The number of nitrogens with zero attached hydrogens (tertiary/aromatic N) is 1. The number of hydrogen-bond acceptors (Lipinski definition) is 4. The molecule has 6 heteroatoms. The van der Waals surface area contributed by atoms with E-state index in [0.29, 0.717) is 19.3 Å². The van der Waals surface area contributed by atoms with E-state index in [4.69, 9.17) is 4.74 Å². The van der Waals surface area contributed by atoms with E-state index in [2.05, 4.69) is 22.8 Å². The molecule has 0 unspecified atom stereocenters. The van der Waals surface area contributed by atoms with E-state index in [1.54, 1.807) is 18.4 Å². The summed E-state index contributed by atoms with van der Waals surface area (Å²) in [4.78, 5) is 28.4. The van der Waals surface area contributed by atoms with Gasteiger partial charge in [0.05, 0.1) is 13.2 Å². The Bertz CT molecular complexity index is 867. The predicted octanol–water partition coefficient (Wildman–Crippen LogP) is 4.09. The van der Waals surface area contributed by atoms with Crippen LogP contribution in [0.1, 0.15) is 55.0 Å². The minimum atomic E-state index is -0.294. The fourth-order valence-corrected chi connectivity index (χ4v) is 5.60. The molecule has 1 N–H and O–H groups in total. The quantitative estimate of drug-likeness (QED) is 0.745. The van der Waals surface area contributed by atoms with Crippen molar-refractivity contribution in [1.29, 1.82) is 0 Å². The number of rotatable bonds is 7. The van der Waals surface area contributed by atoms with E-state index in [9.17, 15) is 9.59 Å².